The third-order valence-corrected chi connectivity index (χ3v) is 2.97. The molecule has 0 aliphatic heterocycles. The van der Waals surface area contributed by atoms with Gasteiger partial charge in [-0.2, -0.15) is 5.10 Å². The van der Waals surface area contributed by atoms with Crippen LogP contribution in [0.1, 0.15) is 0 Å². The molecule has 72 valence electrons. The predicted octanol–water partition coefficient (Wildman–Crippen LogP) is 2.40. The molecule has 0 aliphatic carbocycles. The summed E-state index contributed by atoms with van der Waals surface area (Å²) in [5, 5.41) is 6.52. The summed E-state index contributed by atoms with van der Waals surface area (Å²) >= 11 is 2.03. The van der Waals surface area contributed by atoms with Crippen molar-refractivity contribution >= 4 is 28.4 Å². The Balaban J connectivity index is 2.60. The minimum absolute atomic E-state index is 0.283. The number of nitrogen functional groups attached to an aromatic ring is 1. The number of hydrogen-bond acceptors (Lipinski definition) is 2. The zero-order valence-corrected chi connectivity index (χ0v) is 9.25. The molecule has 0 unspecified atom stereocenters. The van der Waals surface area contributed by atoms with Gasteiger partial charge in [0.1, 0.15) is 5.82 Å². The fourth-order valence-corrected chi connectivity index (χ4v) is 1.72. The summed E-state index contributed by atoms with van der Waals surface area (Å²) in [6.45, 7) is 0. The number of nitrogens with two attached hydrogens (primary N) is 1. The van der Waals surface area contributed by atoms with Crippen molar-refractivity contribution in [2.24, 2.45) is 0 Å². The van der Waals surface area contributed by atoms with Crippen LogP contribution in [0.25, 0.3) is 11.3 Å². The van der Waals surface area contributed by atoms with Crippen LogP contribution in [0.3, 0.4) is 0 Å². The largest absolute Gasteiger partial charge is 0.381 e. The SMILES string of the molecule is Nc1n[nH]c(-c2ccccc2F)c1I. The van der Waals surface area contributed by atoms with Crippen LogP contribution in [0, 0.1) is 9.39 Å². The smallest absolute Gasteiger partial charge is 0.159 e. The first-order chi connectivity index (χ1) is 6.70. The molecule has 1 aromatic carbocycles. The summed E-state index contributed by atoms with van der Waals surface area (Å²) in [4.78, 5) is 0. The lowest BCUT2D eigenvalue weighted by atomic mass is 10.1. The number of aromatic amines is 1. The van der Waals surface area contributed by atoms with Gasteiger partial charge in [-0.05, 0) is 34.7 Å². The van der Waals surface area contributed by atoms with E-state index in [9.17, 15) is 4.39 Å². The average molecular weight is 303 g/mol. The number of halogens is 2. The number of anilines is 1. The highest BCUT2D eigenvalue weighted by Crippen LogP contribution is 2.28. The second kappa shape index (κ2) is 3.56. The monoisotopic (exact) mass is 303 g/mol. The van der Waals surface area contributed by atoms with Crippen molar-refractivity contribution in [3.05, 3.63) is 33.7 Å². The van der Waals surface area contributed by atoms with Gasteiger partial charge in [-0.25, -0.2) is 4.39 Å². The molecule has 0 amide bonds. The minimum Gasteiger partial charge on any atom is -0.381 e. The zero-order valence-electron chi connectivity index (χ0n) is 7.09. The van der Waals surface area contributed by atoms with Crippen LogP contribution < -0.4 is 5.73 Å². The van der Waals surface area contributed by atoms with Crippen LogP contribution >= 0.6 is 22.6 Å². The third-order valence-electron chi connectivity index (χ3n) is 1.88. The van der Waals surface area contributed by atoms with Crippen molar-refractivity contribution < 1.29 is 4.39 Å². The number of H-pyrrole nitrogens is 1. The van der Waals surface area contributed by atoms with E-state index in [1.54, 1.807) is 18.2 Å². The molecule has 2 rings (SSSR count). The van der Waals surface area contributed by atoms with E-state index >= 15 is 0 Å². The van der Waals surface area contributed by atoms with Gasteiger partial charge < -0.3 is 5.73 Å². The predicted molar refractivity (Wildman–Crippen MR) is 61.1 cm³/mol. The van der Waals surface area contributed by atoms with E-state index in [-0.39, 0.29) is 5.82 Å². The van der Waals surface area contributed by atoms with Crippen molar-refractivity contribution in [3.8, 4) is 11.3 Å². The molecule has 0 atom stereocenters. The van der Waals surface area contributed by atoms with E-state index in [0.29, 0.717) is 17.1 Å². The molecular formula is C9H7FIN3. The summed E-state index contributed by atoms with van der Waals surface area (Å²) in [6, 6.07) is 6.50. The van der Waals surface area contributed by atoms with Crippen molar-refractivity contribution in [1.82, 2.24) is 10.2 Å². The molecule has 0 radical (unpaired) electrons. The van der Waals surface area contributed by atoms with Crippen LogP contribution in [0.2, 0.25) is 0 Å². The molecule has 0 bridgehead atoms. The van der Waals surface area contributed by atoms with Crippen LogP contribution in [0.4, 0.5) is 10.2 Å². The fraction of sp³-hybridized carbons (Fsp3) is 0. The Morgan fingerprint density at radius 3 is 2.64 bits per heavy atom. The summed E-state index contributed by atoms with van der Waals surface area (Å²) < 4.78 is 14.1. The van der Waals surface area contributed by atoms with Crippen LogP contribution in [0.15, 0.2) is 24.3 Å². The number of nitrogens with zero attached hydrogens (tertiary/aromatic N) is 1. The Morgan fingerprint density at radius 2 is 2.07 bits per heavy atom. The van der Waals surface area contributed by atoms with Gasteiger partial charge in [0, 0.05) is 5.56 Å². The molecule has 0 fully saturated rings. The van der Waals surface area contributed by atoms with Crippen molar-refractivity contribution in [3.63, 3.8) is 0 Å². The average Bonchev–Trinajstić information content (AvgIpc) is 2.49. The molecule has 1 heterocycles. The normalized spacial score (nSPS) is 10.4. The van der Waals surface area contributed by atoms with Gasteiger partial charge in [-0.15, -0.1) is 0 Å². The van der Waals surface area contributed by atoms with E-state index in [1.807, 2.05) is 22.6 Å². The second-order valence-corrected chi connectivity index (χ2v) is 3.86. The van der Waals surface area contributed by atoms with Gasteiger partial charge >= 0.3 is 0 Å². The molecule has 0 spiro atoms. The first-order valence-electron chi connectivity index (χ1n) is 3.94. The molecule has 3 nitrogen and oxygen atoms in total. The summed E-state index contributed by atoms with van der Waals surface area (Å²) in [5.41, 5.74) is 6.67. The van der Waals surface area contributed by atoms with Crippen molar-refractivity contribution in [2.75, 3.05) is 5.73 Å². The molecule has 2 aromatic rings. The van der Waals surface area contributed by atoms with Gasteiger partial charge in [0.05, 0.1) is 9.26 Å². The molecule has 5 heteroatoms. The van der Waals surface area contributed by atoms with E-state index in [2.05, 4.69) is 10.2 Å². The molecule has 0 aliphatic rings. The van der Waals surface area contributed by atoms with Gasteiger partial charge in [0.25, 0.3) is 0 Å². The number of nitrogens with one attached hydrogen (secondary N) is 1. The molecule has 0 saturated heterocycles. The number of aromatic nitrogens is 2. The molecule has 1 aromatic heterocycles. The Kier molecular flexibility index (Phi) is 2.40. The Hall–Kier alpha value is -1.11. The minimum atomic E-state index is -0.283. The van der Waals surface area contributed by atoms with Crippen molar-refractivity contribution in [1.29, 1.82) is 0 Å². The first-order valence-corrected chi connectivity index (χ1v) is 5.02. The topological polar surface area (TPSA) is 54.7 Å². The highest BCUT2D eigenvalue weighted by molar-refractivity contribution is 14.1. The Bertz CT molecular complexity index is 467. The number of rotatable bonds is 1. The molecule has 0 saturated carbocycles. The highest BCUT2D eigenvalue weighted by Gasteiger charge is 2.12. The zero-order chi connectivity index (χ0) is 10.1. The van der Waals surface area contributed by atoms with Crippen LogP contribution in [-0.2, 0) is 0 Å². The van der Waals surface area contributed by atoms with Crippen LogP contribution in [0.5, 0.6) is 0 Å². The summed E-state index contributed by atoms with van der Waals surface area (Å²) in [5.74, 6) is 0.109. The van der Waals surface area contributed by atoms with Crippen LogP contribution in [-0.4, -0.2) is 10.2 Å². The quantitative estimate of drug-likeness (QED) is 0.795. The molecule has 14 heavy (non-hydrogen) atoms. The number of hydrogen-bond donors (Lipinski definition) is 2. The van der Waals surface area contributed by atoms with Gasteiger partial charge in [0.15, 0.2) is 5.82 Å². The first kappa shape index (κ1) is 9.45. The maximum absolute atomic E-state index is 13.4. The van der Waals surface area contributed by atoms with E-state index in [1.165, 1.54) is 6.07 Å². The lowest BCUT2D eigenvalue weighted by Crippen LogP contribution is -1.87. The highest BCUT2D eigenvalue weighted by atomic mass is 127. The number of benzene rings is 1. The Labute approximate surface area is 93.7 Å². The van der Waals surface area contributed by atoms with Gasteiger partial charge in [-0.3, -0.25) is 5.10 Å². The van der Waals surface area contributed by atoms with E-state index in [4.69, 9.17) is 5.73 Å². The standard InChI is InChI=1S/C9H7FIN3/c10-6-4-2-1-3-5(6)8-7(11)9(12)14-13-8/h1-4H,(H3,12,13,14). The molecular weight excluding hydrogens is 296 g/mol. The maximum atomic E-state index is 13.4. The van der Waals surface area contributed by atoms with E-state index in [0.717, 1.165) is 3.57 Å². The summed E-state index contributed by atoms with van der Waals surface area (Å²) in [7, 11) is 0. The lowest BCUT2D eigenvalue weighted by Gasteiger charge is -1.99. The van der Waals surface area contributed by atoms with E-state index < -0.39 is 0 Å². The third kappa shape index (κ3) is 1.47. The Morgan fingerprint density at radius 1 is 1.36 bits per heavy atom. The van der Waals surface area contributed by atoms with Gasteiger partial charge in [0.2, 0.25) is 0 Å². The van der Waals surface area contributed by atoms with Crippen molar-refractivity contribution in [2.45, 2.75) is 0 Å². The second-order valence-electron chi connectivity index (χ2n) is 2.78. The fourth-order valence-electron chi connectivity index (χ4n) is 1.18. The van der Waals surface area contributed by atoms with Gasteiger partial charge in [-0.1, -0.05) is 12.1 Å². The lowest BCUT2D eigenvalue weighted by molar-refractivity contribution is 0.630. The summed E-state index contributed by atoms with van der Waals surface area (Å²) in [6.07, 6.45) is 0. The maximum Gasteiger partial charge on any atom is 0.159 e. The molecule has 3 N–H and O–H groups in total.